The van der Waals surface area contributed by atoms with Crippen LogP contribution in [-0.4, -0.2) is 87.5 Å². The highest BCUT2D eigenvalue weighted by Gasteiger charge is 2.44. The Bertz CT molecular complexity index is 1290. The molecule has 1 rings (SSSR count). The fourth-order valence-electron chi connectivity index (χ4n) is 7.85. The number of hydrogen-bond donors (Lipinski definition) is 6. The number of aliphatic hydroxyl groups is 5. The van der Waals surface area contributed by atoms with Gasteiger partial charge in [0.25, 0.3) is 0 Å². The Hall–Kier alpha value is -2.63. The number of hydrogen-bond acceptors (Lipinski definition) is 8. The largest absolute Gasteiger partial charge is 0.394 e. The number of nitrogens with one attached hydrogen (secondary N) is 1. The Labute approximate surface area is 397 Å². The van der Waals surface area contributed by atoms with Crippen LogP contribution in [0.15, 0.2) is 85.1 Å². The van der Waals surface area contributed by atoms with Gasteiger partial charge in [0.15, 0.2) is 6.29 Å². The van der Waals surface area contributed by atoms with Gasteiger partial charge in [-0.15, -0.1) is 0 Å². The summed E-state index contributed by atoms with van der Waals surface area (Å²) in [4.78, 5) is 12.8. The molecule has 0 aromatic rings. The lowest BCUT2D eigenvalue weighted by atomic mass is 9.99. The minimum atomic E-state index is -1.55. The van der Waals surface area contributed by atoms with Crippen molar-refractivity contribution >= 4 is 5.91 Å². The summed E-state index contributed by atoms with van der Waals surface area (Å²) in [6.07, 6.45) is 57.3. The molecule has 1 fully saturated rings. The first-order valence-electron chi connectivity index (χ1n) is 26.3. The third-order valence-corrected chi connectivity index (χ3v) is 12.0. The smallest absolute Gasteiger partial charge is 0.220 e. The Morgan fingerprint density at radius 1 is 0.538 bits per heavy atom. The first kappa shape index (κ1) is 60.4. The Balaban J connectivity index is 1.95. The van der Waals surface area contributed by atoms with Crippen molar-refractivity contribution in [3.8, 4) is 0 Å². The van der Waals surface area contributed by atoms with Crippen molar-refractivity contribution in [1.82, 2.24) is 5.32 Å². The standard InChI is InChI=1S/C56H97NO8/c1-3-5-7-8-9-10-11-12-13-14-15-16-17-18-19-20-21-22-23-24-25-26-27-28-29-30-31-32-33-34-35-36-37-38-39-40-41-42-44-46-52(60)57-49(50(59)45-43-6-4-2)48-64-56-55(63)54(62)53(61)51(47-58)65-56/h5,7,9-10,12-13,15-16,18-19,21-22,24-25,49-51,53-56,58-59,61-63H,3-4,6,8,11,14,17,20,23,26-48H2,1-2H3,(H,57,60)/b7-5-,10-9-,13-12-,16-15-,19-18-,22-21-,25-24-. The lowest BCUT2D eigenvalue weighted by Crippen LogP contribution is -2.60. The molecule has 9 heteroatoms. The highest BCUT2D eigenvalue weighted by molar-refractivity contribution is 5.76. The van der Waals surface area contributed by atoms with Crippen molar-refractivity contribution in [2.45, 2.75) is 249 Å². The quantitative estimate of drug-likeness (QED) is 0.0262. The van der Waals surface area contributed by atoms with Gasteiger partial charge in [-0.3, -0.25) is 4.79 Å². The number of rotatable bonds is 43. The molecule has 1 aliphatic rings. The predicted octanol–water partition coefficient (Wildman–Crippen LogP) is 12.3. The molecule has 0 radical (unpaired) electrons. The van der Waals surface area contributed by atoms with Crippen molar-refractivity contribution < 1.29 is 39.8 Å². The summed E-state index contributed by atoms with van der Waals surface area (Å²) in [6, 6.07) is -0.716. The van der Waals surface area contributed by atoms with E-state index in [1.807, 2.05) is 0 Å². The van der Waals surface area contributed by atoms with Crippen molar-refractivity contribution in [3.05, 3.63) is 85.1 Å². The molecule has 0 aliphatic carbocycles. The minimum Gasteiger partial charge on any atom is -0.394 e. The maximum atomic E-state index is 12.8. The molecule has 0 aromatic heterocycles. The Morgan fingerprint density at radius 3 is 1.38 bits per heavy atom. The number of amides is 1. The van der Waals surface area contributed by atoms with Gasteiger partial charge in [-0.05, 0) is 70.6 Å². The monoisotopic (exact) mass is 912 g/mol. The molecule has 1 amide bonds. The van der Waals surface area contributed by atoms with Gasteiger partial charge in [0.1, 0.15) is 24.4 Å². The summed E-state index contributed by atoms with van der Waals surface area (Å²) in [5.41, 5.74) is 0. The van der Waals surface area contributed by atoms with Crippen LogP contribution in [0.2, 0.25) is 0 Å². The Kier molecular flexibility index (Phi) is 42.0. The SMILES string of the molecule is CC/C=C\C/C=C\C/C=C\C/C=C\C/C=C\C/C=C\C/C=C\CCCCCCCCCCCCCCCCCCCC(=O)NC(COC1OC(CO)C(O)C(O)C1O)C(O)CCCCC. The van der Waals surface area contributed by atoms with Crippen LogP contribution in [0.25, 0.3) is 0 Å². The molecule has 1 saturated heterocycles. The van der Waals surface area contributed by atoms with E-state index in [2.05, 4.69) is 104 Å². The van der Waals surface area contributed by atoms with Gasteiger partial charge in [-0.1, -0.05) is 214 Å². The third-order valence-electron chi connectivity index (χ3n) is 12.0. The zero-order valence-electron chi connectivity index (χ0n) is 41.2. The zero-order chi connectivity index (χ0) is 47.3. The van der Waals surface area contributed by atoms with Crippen LogP contribution < -0.4 is 5.32 Å². The summed E-state index contributed by atoms with van der Waals surface area (Å²) in [6.45, 7) is 3.54. The molecule has 65 heavy (non-hydrogen) atoms. The van der Waals surface area contributed by atoms with Crippen molar-refractivity contribution in [3.63, 3.8) is 0 Å². The highest BCUT2D eigenvalue weighted by Crippen LogP contribution is 2.23. The fourth-order valence-corrected chi connectivity index (χ4v) is 7.85. The molecule has 6 N–H and O–H groups in total. The number of aliphatic hydroxyl groups excluding tert-OH is 5. The lowest BCUT2D eigenvalue weighted by Gasteiger charge is -2.40. The molecule has 7 unspecified atom stereocenters. The van der Waals surface area contributed by atoms with Crippen LogP contribution in [-0.2, 0) is 14.3 Å². The van der Waals surface area contributed by atoms with Gasteiger partial charge < -0.3 is 40.3 Å². The maximum absolute atomic E-state index is 12.8. The van der Waals surface area contributed by atoms with E-state index in [0.717, 1.165) is 83.5 Å². The van der Waals surface area contributed by atoms with E-state index in [9.17, 15) is 30.3 Å². The molecule has 9 nitrogen and oxygen atoms in total. The van der Waals surface area contributed by atoms with E-state index >= 15 is 0 Å². The van der Waals surface area contributed by atoms with Crippen molar-refractivity contribution in [2.75, 3.05) is 13.2 Å². The molecule has 0 bridgehead atoms. The van der Waals surface area contributed by atoms with Crippen LogP contribution in [0.5, 0.6) is 0 Å². The van der Waals surface area contributed by atoms with Gasteiger partial charge in [0.2, 0.25) is 5.91 Å². The number of carbonyl (C=O) groups is 1. The fraction of sp³-hybridized carbons (Fsp3) is 0.732. The van der Waals surface area contributed by atoms with E-state index in [4.69, 9.17) is 9.47 Å². The summed E-state index contributed by atoms with van der Waals surface area (Å²) < 4.78 is 11.1. The first-order chi connectivity index (χ1) is 31.8. The second-order valence-corrected chi connectivity index (χ2v) is 17.9. The molecule has 7 atom stereocenters. The number of ether oxygens (including phenoxy) is 2. The third kappa shape index (κ3) is 35.2. The topological polar surface area (TPSA) is 149 Å². The Morgan fingerprint density at radius 2 is 0.954 bits per heavy atom. The van der Waals surface area contributed by atoms with Crippen LogP contribution in [0.4, 0.5) is 0 Å². The molecular formula is C56H97NO8. The second kappa shape index (κ2) is 45.2. The number of unbranched alkanes of at least 4 members (excludes halogenated alkanes) is 19. The van der Waals surface area contributed by atoms with Crippen LogP contribution in [0.1, 0.15) is 206 Å². The highest BCUT2D eigenvalue weighted by atomic mass is 16.7. The summed E-state index contributed by atoms with van der Waals surface area (Å²) in [5, 5.41) is 53.6. The van der Waals surface area contributed by atoms with Crippen molar-refractivity contribution in [1.29, 1.82) is 0 Å². The molecule has 0 aromatic carbocycles. The van der Waals surface area contributed by atoms with E-state index < -0.39 is 49.5 Å². The van der Waals surface area contributed by atoms with Gasteiger partial charge in [0, 0.05) is 6.42 Å². The van der Waals surface area contributed by atoms with E-state index in [1.165, 1.54) is 96.3 Å². The molecule has 0 saturated carbocycles. The van der Waals surface area contributed by atoms with Crippen LogP contribution in [0, 0.1) is 0 Å². The minimum absolute atomic E-state index is 0.144. The number of carbonyl (C=O) groups excluding carboxylic acids is 1. The van der Waals surface area contributed by atoms with Gasteiger partial charge in [-0.25, -0.2) is 0 Å². The molecule has 1 heterocycles. The van der Waals surface area contributed by atoms with Crippen molar-refractivity contribution in [2.24, 2.45) is 0 Å². The average molecular weight is 912 g/mol. The van der Waals surface area contributed by atoms with Gasteiger partial charge in [0.05, 0.1) is 25.4 Å². The van der Waals surface area contributed by atoms with E-state index in [1.54, 1.807) is 0 Å². The van der Waals surface area contributed by atoms with E-state index in [0.29, 0.717) is 12.8 Å². The summed E-state index contributed by atoms with van der Waals surface area (Å²) >= 11 is 0. The van der Waals surface area contributed by atoms with Gasteiger partial charge in [-0.2, -0.15) is 0 Å². The van der Waals surface area contributed by atoms with Gasteiger partial charge >= 0.3 is 0 Å². The maximum Gasteiger partial charge on any atom is 0.220 e. The molecule has 374 valence electrons. The molecule has 0 spiro atoms. The average Bonchev–Trinajstić information content (AvgIpc) is 3.30. The predicted molar refractivity (Wildman–Crippen MR) is 271 cm³/mol. The molecule has 1 aliphatic heterocycles. The normalized spacial score (nSPS) is 20.6. The number of allylic oxidation sites excluding steroid dienone is 14. The second-order valence-electron chi connectivity index (χ2n) is 17.9. The van der Waals surface area contributed by atoms with E-state index in [-0.39, 0.29) is 12.5 Å². The lowest BCUT2D eigenvalue weighted by molar-refractivity contribution is -0.302. The molecular weight excluding hydrogens is 815 g/mol. The summed E-state index contributed by atoms with van der Waals surface area (Å²) in [7, 11) is 0. The van der Waals surface area contributed by atoms with Crippen LogP contribution >= 0.6 is 0 Å². The zero-order valence-corrected chi connectivity index (χ0v) is 41.2. The summed E-state index contributed by atoms with van der Waals surface area (Å²) in [5.74, 6) is -0.158. The van der Waals surface area contributed by atoms with Crippen LogP contribution in [0.3, 0.4) is 0 Å². The first-order valence-corrected chi connectivity index (χ1v) is 26.3.